The molecular formula is C10H16N2O7. The highest BCUT2D eigenvalue weighted by atomic mass is 16.6. The van der Waals surface area contributed by atoms with Crippen LogP contribution in [0, 0.1) is 0 Å². The second-order valence-electron chi connectivity index (χ2n) is 3.51. The van der Waals surface area contributed by atoms with E-state index in [1.165, 1.54) is 0 Å². The molecule has 0 radical (unpaired) electrons. The number of carbonyl (C=O) groups is 4. The van der Waals surface area contributed by atoms with E-state index >= 15 is 0 Å². The molecule has 2 fully saturated rings. The predicted octanol–water partition coefficient (Wildman–Crippen LogP) is -0.484. The molecule has 4 N–H and O–H groups in total. The van der Waals surface area contributed by atoms with Crippen LogP contribution in [0.5, 0.6) is 0 Å². The fraction of sp³-hybridized carbons (Fsp3) is 0.600. The molecule has 0 saturated carbocycles. The van der Waals surface area contributed by atoms with E-state index in [9.17, 15) is 14.4 Å². The lowest BCUT2D eigenvalue weighted by Gasteiger charge is -1.95. The zero-order valence-electron chi connectivity index (χ0n) is 10.2. The van der Waals surface area contributed by atoms with Crippen LogP contribution in [0.3, 0.4) is 0 Å². The molecule has 0 aromatic carbocycles. The summed E-state index contributed by atoms with van der Waals surface area (Å²) in [5.74, 6) is -0.197. The van der Waals surface area contributed by atoms with Gasteiger partial charge in [0.25, 0.3) is 0 Å². The Bertz CT molecular complexity index is 315. The molecule has 19 heavy (non-hydrogen) atoms. The van der Waals surface area contributed by atoms with Gasteiger partial charge in [-0.25, -0.2) is 4.79 Å². The van der Waals surface area contributed by atoms with Crippen molar-refractivity contribution in [3.8, 4) is 0 Å². The van der Waals surface area contributed by atoms with E-state index in [0.29, 0.717) is 32.6 Å². The van der Waals surface area contributed by atoms with Crippen molar-refractivity contribution >= 4 is 23.9 Å². The van der Waals surface area contributed by atoms with Crippen LogP contribution < -0.4 is 10.6 Å². The number of carboxylic acid groups (broad SMARTS) is 2. The van der Waals surface area contributed by atoms with Crippen LogP contribution in [0.4, 0.5) is 4.79 Å². The van der Waals surface area contributed by atoms with Crippen LogP contribution in [-0.4, -0.2) is 47.4 Å². The number of rotatable bonds is 0. The molecule has 0 aliphatic carbocycles. The van der Waals surface area contributed by atoms with Crippen molar-refractivity contribution in [2.75, 3.05) is 13.3 Å². The van der Waals surface area contributed by atoms with Crippen molar-refractivity contribution in [2.45, 2.75) is 25.7 Å². The molecular weight excluding hydrogens is 260 g/mol. The molecule has 108 valence electrons. The Morgan fingerprint density at radius 2 is 1.53 bits per heavy atom. The maximum atomic E-state index is 10.5. The van der Waals surface area contributed by atoms with Crippen LogP contribution >= 0.6 is 0 Å². The molecule has 3 amide bonds. The van der Waals surface area contributed by atoms with E-state index in [1.807, 2.05) is 0 Å². The summed E-state index contributed by atoms with van der Waals surface area (Å²) in [6.07, 6.45) is 0.378. The lowest BCUT2D eigenvalue weighted by Crippen LogP contribution is -2.22. The summed E-state index contributed by atoms with van der Waals surface area (Å²) < 4.78 is 4.93. The van der Waals surface area contributed by atoms with Crippen molar-refractivity contribution < 1.29 is 34.1 Å². The molecule has 2 saturated heterocycles. The number of amides is 3. The topological polar surface area (TPSA) is 142 Å². The van der Waals surface area contributed by atoms with Gasteiger partial charge in [0.05, 0.1) is 0 Å². The largest absolute Gasteiger partial charge is 0.503 e. The molecule has 0 aromatic heterocycles. The predicted molar refractivity (Wildman–Crippen MR) is 61.2 cm³/mol. The minimum atomic E-state index is -1.83. The molecule has 2 rings (SSSR count). The molecule has 0 spiro atoms. The summed E-state index contributed by atoms with van der Waals surface area (Å²) in [4.78, 5) is 39.3. The van der Waals surface area contributed by atoms with E-state index in [0.717, 1.165) is 6.42 Å². The Kier molecular flexibility index (Phi) is 8.71. The first-order valence-corrected chi connectivity index (χ1v) is 5.51. The summed E-state index contributed by atoms with van der Waals surface area (Å²) >= 11 is 0. The molecule has 9 heteroatoms. The van der Waals surface area contributed by atoms with Gasteiger partial charge in [-0.2, -0.15) is 0 Å². The first kappa shape index (κ1) is 16.8. The summed E-state index contributed by atoms with van der Waals surface area (Å²) in [5, 5.41) is 18.7. The average molecular weight is 276 g/mol. The number of hydrogen-bond acceptors (Lipinski definition) is 5. The summed E-state index contributed by atoms with van der Waals surface area (Å²) in [5.41, 5.74) is 0. The first-order chi connectivity index (χ1) is 8.91. The van der Waals surface area contributed by atoms with E-state index in [-0.39, 0.29) is 17.7 Å². The van der Waals surface area contributed by atoms with Gasteiger partial charge in [-0.3, -0.25) is 19.7 Å². The number of ether oxygens (including phenoxy) is 1. The van der Waals surface area contributed by atoms with Gasteiger partial charge in [0.15, 0.2) is 0 Å². The van der Waals surface area contributed by atoms with Crippen molar-refractivity contribution in [2.24, 2.45) is 0 Å². The maximum absolute atomic E-state index is 10.5. The van der Waals surface area contributed by atoms with E-state index < -0.39 is 6.16 Å². The van der Waals surface area contributed by atoms with E-state index in [2.05, 4.69) is 10.6 Å². The smallest absolute Gasteiger partial charge is 0.450 e. The minimum Gasteiger partial charge on any atom is -0.450 e. The zero-order valence-corrected chi connectivity index (χ0v) is 10.2. The zero-order chi connectivity index (χ0) is 14.7. The van der Waals surface area contributed by atoms with E-state index in [4.69, 9.17) is 19.7 Å². The second kappa shape index (κ2) is 9.83. The van der Waals surface area contributed by atoms with Gasteiger partial charge in [0.1, 0.15) is 6.73 Å². The first-order valence-electron chi connectivity index (χ1n) is 5.51. The molecule has 9 nitrogen and oxygen atoms in total. The standard InChI is InChI=1S/C5H9NO2.C4H5NO2.CH2O3/c7-5-2-1-3-8-4-6-5;6-3-1-2-4(7)5-3;2-1(3)4/h1-4H2,(H,6,7);1-2H2,(H,5,6,7);(H2,2,3,4). The van der Waals surface area contributed by atoms with Crippen molar-refractivity contribution in [3.63, 3.8) is 0 Å². The molecule has 0 atom stereocenters. The van der Waals surface area contributed by atoms with Crippen molar-refractivity contribution in [1.82, 2.24) is 10.6 Å². The minimum absolute atomic E-state index is 0.0995. The van der Waals surface area contributed by atoms with Crippen LogP contribution in [-0.2, 0) is 19.1 Å². The van der Waals surface area contributed by atoms with Gasteiger partial charge < -0.3 is 20.3 Å². The van der Waals surface area contributed by atoms with Crippen LogP contribution in [0.15, 0.2) is 0 Å². The summed E-state index contributed by atoms with van der Waals surface area (Å²) in [6.45, 7) is 1.09. The normalized spacial score (nSPS) is 17.8. The highest BCUT2D eigenvalue weighted by molar-refractivity contribution is 6.01. The Labute approximate surface area is 108 Å². The Balaban J connectivity index is 0.000000272. The molecule has 0 aromatic rings. The third kappa shape index (κ3) is 12.1. The Hall–Kier alpha value is -2.16. The third-order valence-electron chi connectivity index (χ3n) is 1.92. The van der Waals surface area contributed by atoms with Crippen molar-refractivity contribution in [1.29, 1.82) is 0 Å². The third-order valence-corrected chi connectivity index (χ3v) is 1.92. The van der Waals surface area contributed by atoms with Crippen LogP contribution in [0.2, 0.25) is 0 Å². The lowest BCUT2D eigenvalue weighted by atomic mass is 10.3. The number of carbonyl (C=O) groups excluding carboxylic acids is 3. The lowest BCUT2D eigenvalue weighted by molar-refractivity contribution is -0.125. The fourth-order valence-electron chi connectivity index (χ4n) is 1.13. The number of imide groups is 1. The quantitative estimate of drug-likeness (QED) is 0.437. The Morgan fingerprint density at radius 3 is 1.95 bits per heavy atom. The van der Waals surface area contributed by atoms with Crippen LogP contribution in [0.1, 0.15) is 25.7 Å². The number of hydrogen-bond donors (Lipinski definition) is 4. The van der Waals surface area contributed by atoms with Gasteiger partial charge in [-0.1, -0.05) is 0 Å². The highest BCUT2D eigenvalue weighted by Crippen LogP contribution is 1.96. The highest BCUT2D eigenvalue weighted by Gasteiger charge is 2.15. The second-order valence-corrected chi connectivity index (χ2v) is 3.51. The van der Waals surface area contributed by atoms with Crippen LogP contribution in [0.25, 0.3) is 0 Å². The van der Waals surface area contributed by atoms with Gasteiger partial charge in [0, 0.05) is 25.9 Å². The van der Waals surface area contributed by atoms with E-state index in [1.54, 1.807) is 0 Å². The number of nitrogens with one attached hydrogen (secondary N) is 2. The van der Waals surface area contributed by atoms with Gasteiger partial charge >= 0.3 is 6.16 Å². The van der Waals surface area contributed by atoms with Gasteiger partial charge in [-0.05, 0) is 6.42 Å². The van der Waals surface area contributed by atoms with Gasteiger partial charge in [-0.15, -0.1) is 0 Å². The SMILES string of the molecule is O=C(O)O.O=C1CCC(=O)N1.O=C1CCCOCN1. The summed E-state index contributed by atoms with van der Waals surface area (Å²) in [6, 6.07) is 0. The van der Waals surface area contributed by atoms with Gasteiger partial charge in [0.2, 0.25) is 17.7 Å². The van der Waals surface area contributed by atoms with Crippen molar-refractivity contribution in [3.05, 3.63) is 0 Å². The average Bonchev–Trinajstić information content (AvgIpc) is 2.53. The summed E-state index contributed by atoms with van der Waals surface area (Å²) in [7, 11) is 0. The molecule has 2 aliphatic heterocycles. The maximum Gasteiger partial charge on any atom is 0.503 e. The molecule has 2 heterocycles. The monoisotopic (exact) mass is 276 g/mol. The Morgan fingerprint density at radius 1 is 1.00 bits per heavy atom. The molecule has 0 unspecified atom stereocenters. The molecule has 2 aliphatic rings. The fourth-order valence-corrected chi connectivity index (χ4v) is 1.13. The molecule has 0 bridgehead atoms.